The average molecular weight is 300 g/mol. The second-order valence-corrected chi connectivity index (χ2v) is 5.15. The van der Waals surface area contributed by atoms with Gasteiger partial charge in [-0.2, -0.15) is 0 Å². The van der Waals surface area contributed by atoms with Crippen LogP contribution in [0.25, 0.3) is 0 Å². The summed E-state index contributed by atoms with van der Waals surface area (Å²) < 4.78 is 13.2. The Morgan fingerprint density at radius 1 is 1.27 bits per heavy atom. The number of hydrogen-bond acceptors (Lipinski definition) is 3. The van der Waals surface area contributed by atoms with Gasteiger partial charge in [0.25, 0.3) is 5.91 Å². The first-order chi connectivity index (χ1) is 10.5. The Morgan fingerprint density at radius 2 is 2.05 bits per heavy atom. The Hall–Kier alpha value is -2.89. The number of amides is 1. The van der Waals surface area contributed by atoms with Crippen LogP contribution in [0.1, 0.15) is 27.5 Å². The topological polar surface area (TPSA) is 78.4 Å². The van der Waals surface area contributed by atoms with Gasteiger partial charge in [0, 0.05) is 16.9 Å². The average Bonchev–Trinajstić information content (AvgIpc) is 2.75. The van der Waals surface area contributed by atoms with Gasteiger partial charge < -0.3 is 15.7 Å². The van der Waals surface area contributed by atoms with Gasteiger partial charge in [0.1, 0.15) is 11.9 Å². The van der Waals surface area contributed by atoms with E-state index < -0.39 is 17.8 Å². The number of rotatable bonds is 3. The molecule has 0 radical (unpaired) electrons. The minimum atomic E-state index is -1.08. The normalized spacial score (nSPS) is 16.1. The van der Waals surface area contributed by atoms with E-state index in [2.05, 4.69) is 10.6 Å². The van der Waals surface area contributed by atoms with Crippen molar-refractivity contribution in [3.8, 4) is 0 Å². The van der Waals surface area contributed by atoms with Crippen molar-refractivity contribution in [1.82, 2.24) is 0 Å². The highest BCUT2D eigenvalue weighted by Gasteiger charge is 2.31. The number of anilines is 2. The molecule has 112 valence electrons. The second kappa shape index (κ2) is 5.14. The maximum atomic E-state index is 13.2. The molecule has 0 fully saturated rings. The van der Waals surface area contributed by atoms with E-state index in [1.165, 1.54) is 24.3 Å². The molecule has 0 bridgehead atoms. The second-order valence-electron chi connectivity index (χ2n) is 5.15. The lowest BCUT2D eigenvalue weighted by Gasteiger charge is -2.15. The predicted molar refractivity (Wildman–Crippen MR) is 79.5 cm³/mol. The minimum Gasteiger partial charge on any atom is -0.478 e. The summed E-state index contributed by atoms with van der Waals surface area (Å²) in [6.45, 7) is 1.79. The summed E-state index contributed by atoms with van der Waals surface area (Å²) in [6.07, 6.45) is 0. The molecule has 1 heterocycles. The maximum absolute atomic E-state index is 13.2. The first-order valence-corrected chi connectivity index (χ1v) is 6.66. The monoisotopic (exact) mass is 300 g/mol. The lowest BCUT2D eigenvalue weighted by molar-refractivity contribution is -0.116. The highest BCUT2D eigenvalue weighted by molar-refractivity contribution is 6.05. The highest BCUT2D eigenvalue weighted by Crippen LogP contribution is 2.34. The number of aromatic carboxylic acids is 1. The van der Waals surface area contributed by atoms with Crippen LogP contribution in [0, 0.1) is 12.7 Å². The molecule has 2 aromatic carbocycles. The molecule has 3 rings (SSSR count). The van der Waals surface area contributed by atoms with Crippen molar-refractivity contribution in [2.24, 2.45) is 0 Å². The molecule has 0 saturated heterocycles. The van der Waals surface area contributed by atoms with Crippen LogP contribution in [0.3, 0.4) is 0 Å². The number of benzene rings is 2. The number of aryl methyl sites for hydroxylation is 1. The molecule has 5 nitrogen and oxygen atoms in total. The Bertz CT molecular complexity index is 789. The van der Waals surface area contributed by atoms with Gasteiger partial charge in [-0.15, -0.1) is 0 Å². The molecule has 1 aliphatic rings. The number of carboxylic acids is 1. The molecule has 1 aliphatic heterocycles. The van der Waals surface area contributed by atoms with Crippen LogP contribution in [0.5, 0.6) is 0 Å². The Kier molecular flexibility index (Phi) is 3.29. The summed E-state index contributed by atoms with van der Waals surface area (Å²) in [6, 6.07) is 8.17. The van der Waals surface area contributed by atoms with Gasteiger partial charge >= 0.3 is 5.97 Å². The lowest BCUT2D eigenvalue weighted by Crippen LogP contribution is -2.21. The standard InChI is InChI=1S/C16H13FN2O3/c1-8-2-5-12(11(6-8)16(21)22)18-14-10-4-3-9(17)7-13(10)19-15(14)20/h2-7,14,18H,1H3,(H,19,20)(H,21,22). The van der Waals surface area contributed by atoms with E-state index in [0.29, 0.717) is 16.9 Å². The van der Waals surface area contributed by atoms with E-state index in [-0.39, 0.29) is 11.5 Å². The third-order valence-corrected chi connectivity index (χ3v) is 3.55. The van der Waals surface area contributed by atoms with Crippen molar-refractivity contribution in [2.45, 2.75) is 13.0 Å². The summed E-state index contributed by atoms with van der Waals surface area (Å²) in [5, 5.41) is 14.8. The Labute approximate surface area is 125 Å². The Morgan fingerprint density at radius 3 is 2.77 bits per heavy atom. The first-order valence-electron chi connectivity index (χ1n) is 6.66. The molecule has 3 N–H and O–H groups in total. The summed E-state index contributed by atoms with van der Waals surface area (Å²) >= 11 is 0. The van der Waals surface area contributed by atoms with Crippen LogP contribution in [-0.2, 0) is 4.79 Å². The molecule has 0 spiro atoms. The van der Waals surface area contributed by atoms with E-state index in [4.69, 9.17) is 0 Å². The third-order valence-electron chi connectivity index (χ3n) is 3.55. The Balaban J connectivity index is 1.98. The van der Waals surface area contributed by atoms with Gasteiger partial charge in [0.05, 0.1) is 5.56 Å². The first kappa shape index (κ1) is 14.1. The molecule has 1 atom stereocenters. The van der Waals surface area contributed by atoms with Crippen LogP contribution >= 0.6 is 0 Å². The molecular formula is C16H13FN2O3. The fourth-order valence-corrected chi connectivity index (χ4v) is 2.49. The number of nitrogens with one attached hydrogen (secondary N) is 2. The van der Waals surface area contributed by atoms with Crippen LogP contribution in [-0.4, -0.2) is 17.0 Å². The van der Waals surface area contributed by atoms with Crippen LogP contribution < -0.4 is 10.6 Å². The van der Waals surface area contributed by atoms with Crippen LogP contribution in [0.4, 0.5) is 15.8 Å². The van der Waals surface area contributed by atoms with E-state index in [9.17, 15) is 19.1 Å². The molecule has 6 heteroatoms. The molecule has 1 amide bonds. The molecule has 0 aliphatic carbocycles. The van der Waals surface area contributed by atoms with Gasteiger partial charge in [-0.25, -0.2) is 9.18 Å². The maximum Gasteiger partial charge on any atom is 0.337 e. The zero-order valence-corrected chi connectivity index (χ0v) is 11.7. The summed E-state index contributed by atoms with van der Waals surface area (Å²) in [5.41, 5.74) is 2.22. The molecule has 0 saturated carbocycles. The molecule has 2 aromatic rings. The fourth-order valence-electron chi connectivity index (χ4n) is 2.49. The number of carbonyl (C=O) groups excluding carboxylic acids is 1. The van der Waals surface area contributed by atoms with Crippen molar-refractivity contribution in [1.29, 1.82) is 0 Å². The van der Waals surface area contributed by atoms with E-state index in [1.807, 2.05) is 0 Å². The van der Waals surface area contributed by atoms with Crippen LogP contribution in [0.2, 0.25) is 0 Å². The van der Waals surface area contributed by atoms with Crippen molar-refractivity contribution in [2.75, 3.05) is 10.6 Å². The van der Waals surface area contributed by atoms with Gasteiger partial charge in [0.15, 0.2) is 0 Å². The molecule has 0 aromatic heterocycles. The number of carboxylic acid groups (broad SMARTS) is 1. The largest absolute Gasteiger partial charge is 0.478 e. The quantitative estimate of drug-likeness (QED) is 0.814. The number of carbonyl (C=O) groups is 2. The predicted octanol–water partition coefficient (Wildman–Crippen LogP) is 2.94. The summed E-state index contributed by atoms with van der Waals surface area (Å²) in [5.74, 6) is -1.87. The van der Waals surface area contributed by atoms with Gasteiger partial charge in [0.2, 0.25) is 0 Å². The summed E-state index contributed by atoms with van der Waals surface area (Å²) in [7, 11) is 0. The van der Waals surface area contributed by atoms with E-state index >= 15 is 0 Å². The molecular weight excluding hydrogens is 287 g/mol. The lowest BCUT2D eigenvalue weighted by atomic mass is 10.1. The van der Waals surface area contributed by atoms with Gasteiger partial charge in [-0.1, -0.05) is 17.7 Å². The molecule has 1 unspecified atom stereocenters. The number of halogens is 1. The smallest absolute Gasteiger partial charge is 0.337 e. The zero-order chi connectivity index (χ0) is 15.9. The summed E-state index contributed by atoms with van der Waals surface area (Å²) in [4.78, 5) is 23.4. The van der Waals surface area contributed by atoms with Gasteiger partial charge in [-0.05, 0) is 31.2 Å². The fraction of sp³-hybridized carbons (Fsp3) is 0.125. The minimum absolute atomic E-state index is 0.0864. The van der Waals surface area contributed by atoms with E-state index in [0.717, 1.165) is 5.56 Å². The van der Waals surface area contributed by atoms with E-state index in [1.54, 1.807) is 19.1 Å². The number of fused-ring (bicyclic) bond motifs is 1. The third kappa shape index (κ3) is 2.39. The van der Waals surface area contributed by atoms with Crippen molar-refractivity contribution in [3.05, 3.63) is 58.9 Å². The van der Waals surface area contributed by atoms with Crippen molar-refractivity contribution < 1.29 is 19.1 Å². The van der Waals surface area contributed by atoms with Crippen molar-refractivity contribution in [3.63, 3.8) is 0 Å². The van der Waals surface area contributed by atoms with Crippen molar-refractivity contribution >= 4 is 23.3 Å². The number of hydrogen-bond donors (Lipinski definition) is 3. The van der Waals surface area contributed by atoms with Gasteiger partial charge in [-0.3, -0.25) is 4.79 Å². The SMILES string of the molecule is Cc1ccc(NC2C(=O)Nc3cc(F)ccc32)c(C(=O)O)c1. The van der Waals surface area contributed by atoms with Crippen LogP contribution in [0.15, 0.2) is 36.4 Å². The zero-order valence-electron chi connectivity index (χ0n) is 11.7. The highest BCUT2D eigenvalue weighted by atomic mass is 19.1. The molecule has 22 heavy (non-hydrogen) atoms.